The molecule has 0 fully saturated rings. The molecule has 1 aromatic carbocycles. The summed E-state index contributed by atoms with van der Waals surface area (Å²) in [6.45, 7) is 1.67. The third kappa shape index (κ3) is 4.20. The smallest absolute Gasteiger partial charge is 0.297 e. The van der Waals surface area contributed by atoms with Gasteiger partial charge in [-0.1, -0.05) is 17.7 Å². The minimum Gasteiger partial charge on any atom is -0.470 e. The van der Waals surface area contributed by atoms with E-state index in [-0.39, 0.29) is 17.4 Å². The van der Waals surface area contributed by atoms with Gasteiger partial charge in [-0.05, 0) is 30.7 Å². The first-order chi connectivity index (χ1) is 13.6. The van der Waals surface area contributed by atoms with Gasteiger partial charge in [0.05, 0.1) is 5.02 Å². The molecular weight excluding hydrogens is 420 g/mol. The zero-order valence-electron chi connectivity index (χ0n) is 14.9. The second-order valence-corrected chi connectivity index (χ2v) is 6.72. The lowest BCUT2D eigenvalue weighted by molar-refractivity contribution is -0.164. The highest BCUT2D eigenvalue weighted by atomic mass is 35.5. The molecule has 1 aliphatic rings. The molecule has 156 valence electrons. The molecular formula is C17H15ClF4N4O3. The van der Waals surface area contributed by atoms with E-state index in [1.807, 2.05) is 6.92 Å². The van der Waals surface area contributed by atoms with Crippen molar-refractivity contribution in [3.63, 3.8) is 0 Å². The molecule has 0 radical (unpaired) electrons. The number of amides is 1. The summed E-state index contributed by atoms with van der Waals surface area (Å²) < 4.78 is 58.8. The van der Waals surface area contributed by atoms with Crippen LogP contribution in [0, 0.1) is 6.92 Å². The molecule has 1 atom stereocenters. The van der Waals surface area contributed by atoms with Gasteiger partial charge in [-0.2, -0.15) is 15.2 Å². The van der Waals surface area contributed by atoms with Crippen LogP contribution in [0.2, 0.25) is 5.02 Å². The summed E-state index contributed by atoms with van der Waals surface area (Å²) in [5.41, 5.74) is -3.67. The van der Waals surface area contributed by atoms with Crippen molar-refractivity contribution in [1.82, 2.24) is 14.8 Å². The van der Waals surface area contributed by atoms with Crippen molar-refractivity contribution >= 4 is 23.2 Å². The third-order valence-electron chi connectivity index (χ3n) is 4.13. The van der Waals surface area contributed by atoms with E-state index < -0.39 is 36.6 Å². The average molecular weight is 435 g/mol. The van der Waals surface area contributed by atoms with Crippen LogP contribution in [-0.2, 0) is 6.73 Å². The summed E-state index contributed by atoms with van der Waals surface area (Å²) in [5, 5.41) is 17.4. The summed E-state index contributed by atoms with van der Waals surface area (Å²) in [6.07, 6.45) is -6.56. The molecule has 0 saturated carbocycles. The van der Waals surface area contributed by atoms with E-state index in [1.165, 1.54) is 10.9 Å². The maximum atomic E-state index is 13.3. The number of halogens is 5. The molecule has 29 heavy (non-hydrogen) atoms. The number of aliphatic hydroxyl groups is 1. The third-order valence-corrected chi connectivity index (χ3v) is 4.44. The van der Waals surface area contributed by atoms with E-state index in [2.05, 4.69) is 10.2 Å². The standard InChI is InChI=1S/C17H15ClF4N4O3/c1-9-2-3-10(18)13(6-9)29-8-25-5-4-11(23-25)15(27)26-17(28,16(21)22)7-12(24-26)14(19)20/h2-6,14,16,28H,7-8H2,1H3/t17-/m0/s1. The van der Waals surface area contributed by atoms with Crippen LogP contribution in [0.25, 0.3) is 0 Å². The zero-order valence-corrected chi connectivity index (χ0v) is 15.7. The van der Waals surface area contributed by atoms with Gasteiger partial charge in [0.25, 0.3) is 18.8 Å². The molecule has 2 aromatic rings. The first-order valence-corrected chi connectivity index (χ1v) is 8.62. The Hall–Kier alpha value is -2.66. The van der Waals surface area contributed by atoms with E-state index >= 15 is 0 Å². The van der Waals surface area contributed by atoms with Gasteiger partial charge in [-0.25, -0.2) is 22.2 Å². The van der Waals surface area contributed by atoms with Crippen LogP contribution in [0.15, 0.2) is 35.6 Å². The van der Waals surface area contributed by atoms with Gasteiger partial charge in [0.1, 0.15) is 11.5 Å². The number of nitrogens with zero attached hydrogens (tertiary/aromatic N) is 4. The Morgan fingerprint density at radius 1 is 1.34 bits per heavy atom. The Bertz CT molecular complexity index is 953. The van der Waals surface area contributed by atoms with Crippen molar-refractivity contribution in [3.8, 4) is 5.75 Å². The fourth-order valence-corrected chi connectivity index (χ4v) is 2.79. The van der Waals surface area contributed by atoms with E-state index in [9.17, 15) is 27.5 Å². The summed E-state index contributed by atoms with van der Waals surface area (Å²) in [4.78, 5) is 12.5. The van der Waals surface area contributed by atoms with Crippen molar-refractivity contribution in [2.24, 2.45) is 5.10 Å². The van der Waals surface area contributed by atoms with Gasteiger partial charge in [0.2, 0.25) is 5.72 Å². The van der Waals surface area contributed by atoms with Crippen LogP contribution >= 0.6 is 11.6 Å². The molecule has 1 N–H and O–H groups in total. The van der Waals surface area contributed by atoms with Crippen molar-refractivity contribution in [2.45, 2.75) is 38.7 Å². The van der Waals surface area contributed by atoms with Crippen molar-refractivity contribution in [2.75, 3.05) is 0 Å². The highest BCUT2D eigenvalue weighted by molar-refractivity contribution is 6.32. The zero-order chi connectivity index (χ0) is 21.3. The Morgan fingerprint density at radius 3 is 2.72 bits per heavy atom. The number of carbonyl (C=O) groups excluding carboxylic acids is 1. The Kier molecular flexibility index (Phi) is 5.80. The fourth-order valence-electron chi connectivity index (χ4n) is 2.62. The van der Waals surface area contributed by atoms with Crippen LogP contribution in [-0.4, -0.2) is 50.1 Å². The highest BCUT2D eigenvalue weighted by Gasteiger charge is 2.53. The number of ether oxygens (including phenoxy) is 1. The number of hydrogen-bond donors (Lipinski definition) is 1. The number of hydrazone groups is 1. The first-order valence-electron chi connectivity index (χ1n) is 8.25. The lowest BCUT2D eigenvalue weighted by Gasteiger charge is -2.29. The molecule has 7 nitrogen and oxygen atoms in total. The van der Waals surface area contributed by atoms with Crippen LogP contribution in [0.1, 0.15) is 22.5 Å². The molecule has 0 saturated heterocycles. The number of alkyl halides is 4. The molecule has 1 amide bonds. The predicted molar refractivity (Wildman–Crippen MR) is 94.2 cm³/mol. The Morgan fingerprint density at radius 2 is 2.07 bits per heavy atom. The summed E-state index contributed by atoms with van der Waals surface area (Å²) in [6, 6.07) is 6.27. The van der Waals surface area contributed by atoms with Crippen LogP contribution in [0.3, 0.4) is 0 Å². The van der Waals surface area contributed by atoms with E-state index in [0.29, 0.717) is 10.8 Å². The summed E-state index contributed by atoms with van der Waals surface area (Å²) in [7, 11) is 0. The minimum absolute atomic E-state index is 0.0515. The Balaban J connectivity index is 1.76. The highest BCUT2D eigenvalue weighted by Crippen LogP contribution is 2.34. The molecule has 12 heteroatoms. The maximum Gasteiger partial charge on any atom is 0.297 e. The lowest BCUT2D eigenvalue weighted by atomic mass is 10.1. The second-order valence-electron chi connectivity index (χ2n) is 6.31. The average Bonchev–Trinajstić information content (AvgIpc) is 3.27. The SMILES string of the molecule is Cc1ccc(Cl)c(OCn2ccc(C(=O)N3N=C(C(F)F)C[C@]3(O)C(F)F)n2)c1. The van der Waals surface area contributed by atoms with Gasteiger partial charge in [0.15, 0.2) is 12.4 Å². The largest absolute Gasteiger partial charge is 0.470 e. The molecule has 0 unspecified atom stereocenters. The lowest BCUT2D eigenvalue weighted by Crippen LogP contribution is -2.51. The number of aryl methyl sites for hydroxylation is 1. The van der Waals surface area contributed by atoms with E-state index in [1.54, 1.807) is 18.2 Å². The molecule has 2 heterocycles. The number of hydrogen-bond acceptors (Lipinski definition) is 5. The molecule has 3 rings (SSSR count). The molecule has 0 spiro atoms. The minimum atomic E-state index is -3.51. The molecule has 1 aliphatic heterocycles. The number of rotatable bonds is 6. The fraction of sp³-hybridized carbons (Fsp3) is 0.353. The second kappa shape index (κ2) is 7.99. The first kappa shape index (κ1) is 21.1. The van der Waals surface area contributed by atoms with Gasteiger partial charge >= 0.3 is 0 Å². The normalized spacial score (nSPS) is 19.2. The van der Waals surface area contributed by atoms with E-state index in [4.69, 9.17) is 16.3 Å². The summed E-state index contributed by atoms with van der Waals surface area (Å²) in [5.74, 6) is -0.886. The molecule has 0 bridgehead atoms. The summed E-state index contributed by atoms with van der Waals surface area (Å²) >= 11 is 6.01. The Labute approximate surface area is 167 Å². The van der Waals surface area contributed by atoms with Gasteiger partial charge in [-0.3, -0.25) is 4.79 Å². The molecule has 1 aromatic heterocycles. The van der Waals surface area contributed by atoms with Gasteiger partial charge < -0.3 is 9.84 Å². The quantitative estimate of drug-likeness (QED) is 0.707. The van der Waals surface area contributed by atoms with Crippen LogP contribution < -0.4 is 4.74 Å². The van der Waals surface area contributed by atoms with Crippen LogP contribution in [0.5, 0.6) is 5.75 Å². The molecule has 0 aliphatic carbocycles. The monoisotopic (exact) mass is 434 g/mol. The van der Waals surface area contributed by atoms with E-state index in [0.717, 1.165) is 11.6 Å². The predicted octanol–water partition coefficient (Wildman–Crippen LogP) is 3.30. The number of aromatic nitrogens is 2. The van der Waals surface area contributed by atoms with Gasteiger partial charge in [0, 0.05) is 12.6 Å². The maximum absolute atomic E-state index is 13.3. The number of benzene rings is 1. The van der Waals surface area contributed by atoms with Crippen molar-refractivity contribution in [3.05, 3.63) is 46.7 Å². The van der Waals surface area contributed by atoms with Gasteiger partial charge in [-0.15, -0.1) is 0 Å². The van der Waals surface area contributed by atoms with Crippen molar-refractivity contribution in [1.29, 1.82) is 0 Å². The van der Waals surface area contributed by atoms with Crippen LogP contribution in [0.4, 0.5) is 17.6 Å². The number of carbonyl (C=O) groups is 1. The van der Waals surface area contributed by atoms with Crippen molar-refractivity contribution < 1.29 is 32.2 Å². The topological polar surface area (TPSA) is 80.0 Å².